The maximum Gasteiger partial charge on any atom is 0.226 e. The first-order chi connectivity index (χ1) is 9.11. The Morgan fingerprint density at radius 2 is 2.21 bits per heavy atom. The first-order valence-corrected chi connectivity index (χ1v) is 7.08. The molecule has 0 saturated heterocycles. The molecule has 1 aromatic heterocycles. The highest BCUT2D eigenvalue weighted by molar-refractivity contribution is 7.80. The molecule has 0 fully saturated rings. The van der Waals surface area contributed by atoms with Gasteiger partial charge in [-0.1, -0.05) is 13.0 Å². The van der Waals surface area contributed by atoms with Crippen molar-refractivity contribution in [2.75, 3.05) is 5.32 Å². The van der Waals surface area contributed by atoms with E-state index in [0.29, 0.717) is 11.5 Å². The minimum absolute atomic E-state index is 0.0822. The van der Waals surface area contributed by atoms with Gasteiger partial charge in [0, 0.05) is 6.42 Å². The van der Waals surface area contributed by atoms with Crippen LogP contribution in [0.4, 0.5) is 5.69 Å². The number of nitrogens with zero attached hydrogens (tertiary/aromatic N) is 2. The lowest BCUT2D eigenvalue weighted by atomic mass is 10.1. The summed E-state index contributed by atoms with van der Waals surface area (Å²) in [5.74, 6) is -0.0822. The van der Waals surface area contributed by atoms with Crippen LogP contribution in [0.25, 0.3) is 11.0 Å². The Morgan fingerprint density at radius 1 is 1.42 bits per heavy atom. The van der Waals surface area contributed by atoms with Crippen LogP contribution in [0, 0.1) is 6.92 Å². The lowest BCUT2D eigenvalue weighted by Crippen LogP contribution is -2.34. The fourth-order valence-electron chi connectivity index (χ4n) is 1.67. The second-order valence-electron chi connectivity index (χ2n) is 4.14. The molecule has 0 bridgehead atoms. The minimum Gasteiger partial charge on any atom is -0.330 e. The van der Waals surface area contributed by atoms with Crippen LogP contribution in [-0.2, 0) is 4.79 Å². The standard InChI is InChI=1S/C12H14N4OS2/c1-3-4-9(17)13-12(18)14-10-7(2)5-6-8-11(10)16-19-15-8/h5-6H,3-4H2,1-2H3,(H2,13,14,17,18). The Bertz CT molecular complexity index is 623. The molecule has 2 aromatic rings. The summed E-state index contributed by atoms with van der Waals surface area (Å²) < 4.78 is 8.42. The summed E-state index contributed by atoms with van der Waals surface area (Å²) in [6.07, 6.45) is 1.25. The van der Waals surface area contributed by atoms with Crippen molar-refractivity contribution in [3.05, 3.63) is 17.7 Å². The molecule has 2 rings (SSSR count). The van der Waals surface area contributed by atoms with Crippen LogP contribution in [0.5, 0.6) is 0 Å². The van der Waals surface area contributed by atoms with Gasteiger partial charge in [0.25, 0.3) is 0 Å². The number of aryl methyl sites for hydroxylation is 1. The van der Waals surface area contributed by atoms with Gasteiger partial charge in [-0.05, 0) is 37.2 Å². The summed E-state index contributed by atoms with van der Waals surface area (Å²) in [7, 11) is 0. The van der Waals surface area contributed by atoms with E-state index in [4.69, 9.17) is 12.2 Å². The molecular weight excluding hydrogens is 280 g/mol. The van der Waals surface area contributed by atoms with Crippen LogP contribution in [0.15, 0.2) is 12.1 Å². The smallest absolute Gasteiger partial charge is 0.226 e. The van der Waals surface area contributed by atoms with E-state index >= 15 is 0 Å². The summed E-state index contributed by atoms with van der Waals surface area (Å²) in [5, 5.41) is 5.98. The molecule has 100 valence electrons. The van der Waals surface area contributed by atoms with Gasteiger partial charge in [-0.2, -0.15) is 8.75 Å². The molecule has 19 heavy (non-hydrogen) atoms. The minimum atomic E-state index is -0.0822. The number of amides is 1. The molecule has 0 aliphatic rings. The van der Waals surface area contributed by atoms with E-state index in [1.54, 1.807) is 0 Å². The number of anilines is 1. The second kappa shape index (κ2) is 6.03. The number of benzene rings is 1. The highest BCUT2D eigenvalue weighted by Crippen LogP contribution is 2.25. The van der Waals surface area contributed by atoms with E-state index in [0.717, 1.165) is 40.4 Å². The van der Waals surface area contributed by atoms with E-state index in [1.807, 2.05) is 26.0 Å². The van der Waals surface area contributed by atoms with E-state index in [-0.39, 0.29) is 5.91 Å². The third-order valence-corrected chi connectivity index (χ3v) is 3.35. The quantitative estimate of drug-likeness (QED) is 0.852. The summed E-state index contributed by atoms with van der Waals surface area (Å²) >= 11 is 6.29. The third kappa shape index (κ3) is 3.24. The molecule has 1 amide bonds. The van der Waals surface area contributed by atoms with Gasteiger partial charge in [0.2, 0.25) is 5.91 Å². The largest absolute Gasteiger partial charge is 0.330 e. The van der Waals surface area contributed by atoms with E-state index < -0.39 is 0 Å². The number of carbonyl (C=O) groups excluding carboxylic acids is 1. The first kappa shape index (κ1) is 13.8. The van der Waals surface area contributed by atoms with Gasteiger partial charge in [0.15, 0.2) is 5.11 Å². The molecule has 7 heteroatoms. The first-order valence-electron chi connectivity index (χ1n) is 5.94. The number of fused-ring (bicyclic) bond motifs is 1. The summed E-state index contributed by atoms with van der Waals surface area (Å²) in [6, 6.07) is 3.86. The Balaban J connectivity index is 2.16. The van der Waals surface area contributed by atoms with Crippen molar-refractivity contribution in [3.8, 4) is 0 Å². The zero-order valence-corrected chi connectivity index (χ0v) is 12.3. The maximum atomic E-state index is 11.5. The molecule has 2 N–H and O–H groups in total. The number of hydrogen-bond acceptors (Lipinski definition) is 5. The van der Waals surface area contributed by atoms with Crippen molar-refractivity contribution in [1.29, 1.82) is 0 Å². The molecular formula is C12H14N4OS2. The van der Waals surface area contributed by atoms with Gasteiger partial charge < -0.3 is 10.6 Å². The summed E-state index contributed by atoms with van der Waals surface area (Å²) in [4.78, 5) is 11.5. The predicted molar refractivity (Wildman–Crippen MR) is 81.4 cm³/mol. The Morgan fingerprint density at radius 3 is 2.95 bits per heavy atom. The van der Waals surface area contributed by atoms with Crippen molar-refractivity contribution in [3.63, 3.8) is 0 Å². The maximum absolute atomic E-state index is 11.5. The Labute approximate surface area is 120 Å². The molecule has 0 spiro atoms. The van der Waals surface area contributed by atoms with Gasteiger partial charge in [0.1, 0.15) is 11.0 Å². The van der Waals surface area contributed by atoms with Crippen LogP contribution in [0.2, 0.25) is 0 Å². The van der Waals surface area contributed by atoms with E-state index in [9.17, 15) is 4.79 Å². The topological polar surface area (TPSA) is 66.9 Å². The number of carbonyl (C=O) groups is 1. The van der Waals surface area contributed by atoms with E-state index in [1.165, 1.54) is 0 Å². The molecule has 0 aliphatic carbocycles. The zero-order chi connectivity index (χ0) is 13.8. The van der Waals surface area contributed by atoms with Crippen LogP contribution in [-0.4, -0.2) is 19.8 Å². The molecule has 0 unspecified atom stereocenters. The predicted octanol–water partition coefficient (Wildman–Crippen LogP) is 2.61. The zero-order valence-electron chi connectivity index (χ0n) is 10.7. The average molecular weight is 294 g/mol. The van der Waals surface area contributed by atoms with Crippen molar-refractivity contribution in [2.24, 2.45) is 0 Å². The molecule has 0 atom stereocenters. The van der Waals surface area contributed by atoms with Gasteiger partial charge in [0.05, 0.1) is 17.4 Å². The monoisotopic (exact) mass is 294 g/mol. The van der Waals surface area contributed by atoms with Crippen molar-refractivity contribution in [2.45, 2.75) is 26.7 Å². The third-order valence-electron chi connectivity index (χ3n) is 2.60. The summed E-state index contributed by atoms with van der Waals surface area (Å²) in [6.45, 7) is 3.90. The van der Waals surface area contributed by atoms with Crippen molar-refractivity contribution < 1.29 is 4.79 Å². The van der Waals surface area contributed by atoms with Gasteiger partial charge in [-0.15, -0.1) is 0 Å². The van der Waals surface area contributed by atoms with Gasteiger partial charge >= 0.3 is 0 Å². The number of thiocarbonyl (C=S) groups is 1. The average Bonchev–Trinajstić information content (AvgIpc) is 2.81. The number of hydrogen-bond donors (Lipinski definition) is 2. The van der Waals surface area contributed by atoms with Crippen molar-refractivity contribution >= 4 is 51.7 Å². The van der Waals surface area contributed by atoms with Crippen LogP contribution < -0.4 is 10.6 Å². The molecule has 5 nitrogen and oxygen atoms in total. The fourth-order valence-corrected chi connectivity index (χ4v) is 2.43. The highest BCUT2D eigenvalue weighted by Gasteiger charge is 2.11. The fraction of sp³-hybridized carbons (Fsp3) is 0.333. The summed E-state index contributed by atoms with van der Waals surface area (Å²) in [5.41, 5.74) is 3.40. The SMILES string of the molecule is CCCC(=O)NC(=S)Nc1c(C)ccc2nsnc12. The lowest BCUT2D eigenvalue weighted by Gasteiger charge is -2.11. The molecule has 1 aromatic carbocycles. The second-order valence-corrected chi connectivity index (χ2v) is 5.08. The van der Waals surface area contributed by atoms with Crippen LogP contribution in [0.1, 0.15) is 25.3 Å². The number of aromatic nitrogens is 2. The van der Waals surface area contributed by atoms with Crippen LogP contribution >= 0.6 is 23.9 Å². The van der Waals surface area contributed by atoms with Gasteiger partial charge in [-0.3, -0.25) is 4.79 Å². The Kier molecular flexibility index (Phi) is 4.39. The van der Waals surface area contributed by atoms with E-state index in [2.05, 4.69) is 19.4 Å². The number of rotatable bonds is 3. The lowest BCUT2D eigenvalue weighted by molar-refractivity contribution is -0.119. The molecule has 1 heterocycles. The Hall–Kier alpha value is -1.60. The normalized spacial score (nSPS) is 10.4. The van der Waals surface area contributed by atoms with Crippen molar-refractivity contribution in [1.82, 2.24) is 14.1 Å². The van der Waals surface area contributed by atoms with Crippen LogP contribution in [0.3, 0.4) is 0 Å². The van der Waals surface area contributed by atoms with Gasteiger partial charge in [-0.25, -0.2) is 0 Å². The molecule has 0 radical (unpaired) electrons. The highest BCUT2D eigenvalue weighted by atomic mass is 32.1. The number of nitrogens with one attached hydrogen (secondary N) is 2. The molecule has 0 aliphatic heterocycles. The molecule has 0 saturated carbocycles.